The number of nitrogens with zero attached hydrogens (tertiary/aromatic N) is 4. The number of thiazole rings is 1. The predicted octanol–water partition coefficient (Wildman–Crippen LogP) is 5.77. The van der Waals surface area contributed by atoms with Crippen molar-refractivity contribution in [1.82, 2.24) is 25.1 Å². The maximum atomic E-state index is 12.6. The lowest BCUT2D eigenvalue weighted by Gasteiger charge is -2.10. The Balaban J connectivity index is 1.24. The van der Waals surface area contributed by atoms with Gasteiger partial charge < -0.3 is 5.32 Å². The lowest BCUT2D eigenvalue weighted by molar-refractivity contribution is -0.118. The summed E-state index contributed by atoms with van der Waals surface area (Å²) in [4.78, 5) is 17.1. The number of aryl methyl sites for hydroxylation is 1. The van der Waals surface area contributed by atoms with Crippen molar-refractivity contribution in [2.45, 2.75) is 18.6 Å². The van der Waals surface area contributed by atoms with Crippen molar-refractivity contribution in [3.8, 4) is 28.3 Å². The highest BCUT2D eigenvalue weighted by molar-refractivity contribution is 7.99. The fourth-order valence-electron chi connectivity index (χ4n) is 3.62. The van der Waals surface area contributed by atoms with Crippen LogP contribution in [0, 0.1) is 6.92 Å². The summed E-state index contributed by atoms with van der Waals surface area (Å²) < 4.78 is 1.99. The average Bonchev–Trinajstić information content (AvgIpc) is 3.54. The summed E-state index contributed by atoms with van der Waals surface area (Å²) in [5.74, 6) is 0.934. The van der Waals surface area contributed by atoms with Crippen molar-refractivity contribution in [2.75, 3.05) is 5.75 Å². The lowest BCUT2D eigenvalue weighted by Crippen LogP contribution is -2.24. The number of aromatic nitrogens is 4. The first-order valence-electron chi connectivity index (χ1n) is 11.1. The van der Waals surface area contributed by atoms with Crippen LogP contribution in [0.4, 0.5) is 0 Å². The van der Waals surface area contributed by atoms with Gasteiger partial charge in [0, 0.05) is 28.7 Å². The molecule has 8 heteroatoms. The Bertz CT molecular complexity index is 1410. The number of carbonyl (C=O) groups excluding carboxylic acids is 1. The first-order chi connectivity index (χ1) is 17.2. The Morgan fingerprint density at radius 2 is 1.63 bits per heavy atom. The van der Waals surface area contributed by atoms with E-state index in [1.54, 1.807) is 11.3 Å². The van der Waals surface area contributed by atoms with E-state index in [0.29, 0.717) is 11.7 Å². The molecule has 3 aromatic carbocycles. The second kappa shape index (κ2) is 10.7. The molecule has 0 saturated heterocycles. The third-order valence-electron chi connectivity index (χ3n) is 5.37. The number of nitrogens with one attached hydrogen (secondary N) is 1. The van der Waals surface area contributed by atoms with Crippen LogP contribution in [0.15, 0.2) is 95.5 Å². The van der Waals surface area contributed by atoms with Crippen LogP contribution in [0.25, 0.3) is 28.3 Å². The van der Waals surface area contributed by atoms with Crippen LogP contribution in [-0.4, -0.2) is 31.4 Å². The predicted molar refractivity (Wildman–Crippen MR) is 142 cm³/mol. The van der Waals surface area contributed by atoms with E-state index in [0.717, 1.165) is 38.9 Å². The molecule has 174 valence electrons. The van der Waals surface area contributed by atoms with Gasteiger partial charge in [-0.1, -0.05) is 84.6 Å². The molecule has 1 N–H and O–H groups in total. The van der Waals surface area contributed by atoms with Gasteiger partial charge >= 0.3 is 0 Å². The van der Waals surface area contributed by atoms with Crippen LogP contribution in [0.5, 0.6) is 0 Å². The second-order valence-corrected chi connectivity index (χ2v) is 9.86. The van der Waals surface area contributed by atoms with Crippen molar-refractivity contribution in [3.63, 3.8) is 0 Å². The SMILES string of the molecule is Cc1nc(-c2ccc(CNC(=O)CSc3nnc(-c4ccccc4)n3-c3ccccc3)cc2)cs1. The molecule has 0 bridgehead atoms. The topological polar surface area (TPSA) is 72.7 Å². The van der Waals surface area contributed by atoms with Gasteiger partial charge in [0.2, 0.25) is 5.91 Å². The minimum Gasteiger partial charge on any atom is -0.351 e. The molecule has 5 rings (SSSR count). The molecule has 0 fully saturated rings. The van der Waals surface area contributed by atoms with Gasteiger partial charge in [-0.3, -0.25) is 9.36 Å². The van der Waals surface area contributed by atoms with Crippen LogP contribution in [0.1, 0.15) is 10.6 Å². The van der Waals surface area contributed by atoms with Gasteiger partial charge in [-0.05, 0) is 24.6 Å². The number of benzene rings is 3. The van der Waals surface area contributed by atoms with Crippen LogP contribution in [-0.2, 0) is 11.3 Å². The van der Waals surface area contributed by atoms with E-state index < -0.39 is 0 Å². The van der Waals surface area contributed by atoms with Crippen LogP contribution in [0.3, 0.4) is 0 Å². The third kappa shape index (κ3) is 5.50. The lowest BCUT2D eigenvalue weighted by atomic mass is 10.1. The third-order valence-corrected chi connectivity index (χ3v) is 7.07. The maximum absolute atomic E-state index is 12.6. The van der Waals surface area contributed by atoms with Crippen LogP contribution in [0.2, 0.25) is 0 Å². The number of rotatable bonds is 8. The minimum absolute atomic E-state index is 0.0573. The van der Waals surface area contributed by atoms with E-state index in [1.807, 2.05) is 96.4 Å². The zero-order chi connectivity index (χ0) is 24.0. The molecule has 35 heavy (non-hydrogen) atoms. The number of amides is 1. The van der Waals surface area contributed by atoms with Crippen LogP contribution < -0.4 is 5.32 Å². The Labute approximate surface area is 212 Å². The van der Waals surface area contributed by atoms with E-state index in [2.05, 4.69) is 25.9 Å². The van der Waals surface area contributed by atoms with Crippen LogP contribution >= 0.6 is 23.1 Å². The molecule has 0 saturated carbocycles. The van der Waals surface area contributed by atoms with E-state index >= 15 is 0 Å². The van der Waals surface area contributed by atoms with Crippen molar-refractivity contribution >= 4 is 29.0 Å². The molecular weight excluding hydrogens is 474 g/mol. The quantitative estimate of drug-likeness (QED) is 0.275. The second-order valence-electron chi connectivity index (χ2n) is 7.86. The van der Waals surface area contributed by atoms with Gasteiger partial charge in [0.05, 0.1) is 16.5 Å². The summed E-state index contributed by atoms with van der Waals surface area (Å²) in [6.07, 6.45) is 0. The van der Waals surface area contributed by atoms with Gasteiger partial charge in [-0.25, -0.2) is 4.98 Å². The molecule has 2 heterocycles. The molecule has 2 aromatic heterocycles. The van der Waals surface area contributed by atoms with E-state index in [-0.39, 0.29) is 11.7 Å². The summed E-state index contributed by atoms with van der Waals surface area (Å²) in [6.45, 7) is 2.47. The minimum atomic E-state index is -0.0573. The van der Waals surface area contributed by atoms with Gasteiger partial charge in [0.1, 0.15) is 0 Å². The molecule has 0 atom stereocenters. The molecule has 0 unspecified atom stereocenters. The first kappa shape index (κ1) is 23.0. The summed E-state index contributed by atoms with van der Waals surface area (Å²) in [6, 6.07) is 28.0. The molecule has 1 amide bonds. The normalized spacial score (nSPS) is 10.9. The molecule has 0 spiro atoms. The average molecular weight is 498 g/mol. The fraction of sp³-hybridized carbons (Fsp3) is 0.111. The van der Waals surface area contributed by atoms with Crippen molar-refractivity contribution < 1.29 is 4.79 Å². The Hall–Kier alpha value is -3.75. The zero-order valence-corrected chi connectivity index (χ0v) is 20.7. The Morgan fingerprint density at radius 1 is 0.914 bits per heavy atom. The van der Waals surface area contributed by atoms with Gasteiger partial charge in [0.15, 0.2) is 11.0 Å². The van der Waals surface area contributed by atoms with Gasteiger partial charge in [0.25, 0.3) is 0 Å². The van der Waals surface area contributed by atoms with Gasteiger partial charge in [-0.2, -0.15) is 0 Å². The molecule has 0 aliphatic rings. The highest BCUT2D eigenvalue weighted by Gasteiger charge is 2.17. The maximum Gasteiger partial charge on any atom is 0.230 e. The summed E-state index contributed by atoms with van der Waals surface area (Å²) in [7, 11) is 0. The van der Waals surface area contributed by atoms with Crippen molar-refractivity contribution in [1.29, 1.82) is 0 Å². The van der Waals surface area contributed by atoms with Gasteiger partial charge in [-0.15, -0.1) is 21.5 Å². The summed E-state index contributed by atoms with van der Waals surface area (Å²) >= 11 is 3.01. The van der Waals surface area contributed by atoms with E-state index in [1.165, 1.54) is 11.8 Å². The molecule has 0 aliphatic carbocycles. The first-order valence-corrected chi connectivity index (χ1v) is 13.0. The Morgan fingerprint density at radius 3 is 2.31 bits per heavy atom. The molecule has 5 aromatic rings. The Kier molecular flexibility index (Phi) is 7.02. The standard InChI is InChI=1S/C27H23N5OS2/c1-19-29-24(17-34-19)21-14-12-20(13-15-21)16-28-25(33)18-35-27-31-30-26(22-8-4-2-5-9-22)32(27)23-10-6-3-7-11-23/h2-15,17H,16,18H2,1H3,(H,28,33). The zero-order valence-electron chi connectivity index (χ0n) is 19.1. The van der Waals surface area contributed by atoms with Crippen molar-refractivity contribution in [2.24, 2.45) is 0 Å². The highest BCUT2D eigenvalue weighted by atomic mass is 32.2. The van der Waals surface area contributed by atoms with E-state index in [9.17, 15) is 4.79 Å². The molecule has 0 aliphatic heterocycles. The monoisotopic (exact) mass is 497 g/mol. The summed E-state index contributed by atoms with van der Waals surface area (Å²) in [5, 5.41) is 15.6. The molecule has 6 nitrogen and oxygen atoms in total. The number of carbonyl (C=O) groups is 1. The van der Waals surface area contributed by atoms with Crippen molar-refractivity contribution in [3.05, 3.63) is 101 Å². The summed E-state index contributed by atoms with van der Waals surface area (Å²) in [5.41, 5.74) is 5.02. The highest BCUT2D eigenvalue weighted by Crippen LogP contribution is 2.28. The number of para-hydroxylation sites is 1. The van der Waals surface area contributed by atoms with E-state index in [4.69, 9.17) is 0 Å². The fourth-order valence-corrected chi connectivity index (χ4v) is 5.02. The smallest absolute Gasteiger partial charge is 0.230 e. The molecular formula is C27H23N5OS2. The number of thioether (sulfide) groups is 1. The molecule has 0 radical (unpaired) electrons. The largest absolute Gasteiger partial charge is 0.351 e. The number of hydrogen-bond acceptors (Lipinski definition) is 6. The number of hydrogen-bond donors (Lipinski definition) is 1.